The number of aromatic nitrogens is 2. The average molecular weight is 248 g/mol. The number of aliphatic carboxylic acids is 1. The van der Waals surface area contributed by atoms with Crippen molar-refractivity contribution in [1.29, 1.82) is 0 Å². The zero-order valence-electron chi connectivity index (χ0n) is 9.33. The molecule has 0 unspecified atom stereocenters. The summed E-state index contributed by atoms with van der Waals surface area (Å²) < 4.78 is 1.89. The maximum Gasteiger partial charge on any atom is 0.313 e. The molecule has 4 nitrogen and oxygen atoms in total. The maximum absolute atomic E-state index is 10.5. The fraction of sp³-hybridized carbons (Fsp3) is 0.167. The van der Waals surface area contributed by atoms with Crippen LogP contribution in [-0.2, 0) is 4.79 Å². The van der Waals surface area contributed by atoms with Crippen LogP contribution < -0.4 is 0 Å². The number of hydrogen-bond acceptors (Lipinski definition) is 3. The zero-order valence-corrected chi connectivity index (χ0v) is 10.1. The van der Waals surface area contributed by atoms with Crippen molar-refractivity contribution in [1.82, 2.24) is 9.55 Å². The summed E-state index contributed by atoms with van der Waals surface area (Å²) in [6.07, 6.45) is 3.51. The van der Waals surface area contributed by atoms with Gasteiger partial charge in [0.05, 0.1) is 5.75 Å². The molecule has 0 amide bonds. The molecule has 88 valence electrons. The van der Waals surface area contributed by atoms with E-state index in [0.717, 1.165) is 11.3 Å². The Morgan fingerprint density at radius 1 is 1.53 bits per heavy atom. The van der Waals surface area contributed by atoms with Crippen LogP contribution in [0.4, 0.5) is 0 Å². The molecule has 0 radical (unpaired) electrons. The lowest BCUT2D eigenvalue weighted by Crippen LogP contribution is -2.01. The number of thioether (sulfide) groups is 1. The highest BCUT2D eigenvalue weighted by Crippen LogP contribution is 2.20. The minimum absolute atomic E-state index is 0.0167. The van der Waals surface area contributed by atoms with Gasteiger partial charge < -0.3 is 5.11 Å². The third kappa shape index (κ3) is 2.88. The molecule has 5 heteroatoms. The molecule has 0 atom stereocenters. The Morgan fingerprint density at radius 3 is 3.06 bits per heavy atom. The molecule has 0 fully saturated rings. The van der Waals surface area contributed by atoms with E-state index in [1.807, 2.05) is 42.0 Å². The Morgan fingerprint density at radius 2 is 2.35 bits per heavy atom. The number of carboxylic acid groups (broad SMARTS) is 1. The highest BCUT2D eigenvalue weighted by molar-refractivity contribution is 7.99. The Kier molecular flexibility index (Phi) is 3.49. The molecular formula is C12H12N2O2S. The molecule has 0 aliphatic heterocycles. The van der Waals surface area contributed by atoms with E-state index in [4.69, 9.17) is 5.11 Å². The van der Waals surface area contributed by atoms with Crippen LogP contribution in [0.1, 0.15) is 5.56 Å². The summed E-state index contributed by atoms with van der Waals surface area (Å²) in [5, 5.41) is 9.35. The van der Waals surface area contributed by atoms with Crippen LogP contribution in [-0.4, -0.2) is 26.4 Å². The van der Waals surface area contributed by atoms with E-state index < -0.39 is 5.97 Å². The van der Waals surface area contributed by atoms with E-state index >= 15 is 0 Å². The molecule has 0 saturated heterocycles. The minimum Gasteiger partial charge on any atom is -0.481 e. The van der Waals surface area contributed by atoms with Crippen molar-refractivity contribution in [3.63, 3.8) is 0 Å². The molecule has 0 spiro atoms. The minimum atomic E-state index is -0.839. The van der Waals surface area contributed by atoms with Crippen molar-refractivity contribution < 1.29 is 9.90 Å². The maximum atomic E-state index is 10.5. The number of imidazole rings is 1. The first kappa shape index (κ1) is 11.7. The summed E-state index contributed by atoms with van der Waals surface area (Å²) in [5.74, 6) is -0.822. The Bertz CT molecular complexity index is 537. The molecular weight excluding hydrogens is 236 g/mol. The van der Waals surface area contributed by atoms with Crippen molar-refractivity contribution in [2.75, 3.05) is 5.75 Å². The van der Waals surface area contributed by atoms with Crippen molar-refractivity contribution in [3.05, 3.63) is 42.2 Å². The van der Waals surface area contributed by atoms with Gasteiger partial charge >= 0.3 is 5.97 Å². The van der Waals surface area contributed by atoms with Crippen LogP contribution in [0.25, 0.3) is 5.69 Å². The highest BCUT2D eigenvalue weighted by Gasteiger charge is 2.07. The summed E-state index contributed by atoms with van der Waals surface area (Å²) in [5.41, 5.74) is 2.15. The van der Waals surface area contributed by atoms with Crippen LogP contribution in [0.2, 0.25) is 0 Å². The normalized spacial score (nSPS) is 10.4. The van der Waals surface area contributed by atoms with Crippen LogP contribution >= 0.6 is 11.8 Å². The lowest BCUT2D eigenvalue weighted by Gasteiger charge is -2.07. The third-order valence-corrected chi connectivity index (χ3v) is 3.16. The van der Waals surface area contributed by atoms with Gasteiger partial charge in [-0.1, -0.05) is 23.9 Å². The molecule has 17 heavy (non-hydrogen) atoms. The van der Waals surface area contributed by atoms with Gasteiger partial charge in [0, 0.05) is 18.1 Å². The van der Waals surface area contributed by atoms with Gasteiger partial charge in [-0.05, 0) is 24.6 Å². The van der Waals surface area contributed by atoms with Crippen LogP contribution in [0.15, 0.2) is 41.8 Å². The SMILES string of the molecule is Cc1cccc(-n2ccnc2SCC(=O)O)c1. The smallest absolute Gasteiger partial charge is 0.313 e. The van der Waals surface area contributed by atoms with E-state index in [-0.39, 0.29) is 5.75 Å². The van der Waals surface area contributed by atoms with Gasteiger partial charge in [-0.25, -0.2) is 4.98 Å². The predicted octanol–water partition coefficient (Wildman–Crippen LogP) is 2.36. The van der Waals surface area contributed by atoms with E-state index in [1.54, 1.807) is 6.20 Å². The number of carbonyl (C=O) groups is 1. The fourth-order valence-corrected chi connectivity index (χ4v) is 2.19. The molecule has 0 bridgehead atoms. The first-order chi connectivity index (χ1) is 8.16. The van der Waals surface area contributed by atoms with E-state index in [1.165, 1.54) is 11.8 Å². The predicted molar refractivity (Wildman–Crippen MR) is 66.7 cm³/mol. The van der Waals surface area contributed by atoms with Crippen LogP contribution in [0.3, 0.4) is 0 Å². The Labute approximate surface area is 103 Å². The number of benzene rings is 1. The molecule has 0 aliphatic carbocycles. The molecule has 1 aromatic carbocycles. The Hall–Kier alpha value is -1.75. The average Bonchev–Trinajstić information content (AvgIpc) is 2.74. The number of nitrogens with zero attached hydrogens (tertiary/aromatic N) is 2. The van der Waals surface area contributed by atoms with Crippen molar-refractivity contribution in [2.24, 2.45) is 0 Å². The van der Waals surface area contributed by atoms with Crippen LogP contribution in [0.5, 0.6) is 0 Å². The topological polar surface area (TPSA) is 55.1 Å². The largest absolute Gasteiger partial charge is 0.481 e. The second-order valence-electron chi connectivity index (χ2n) is 3.60. The fourth-order valence-electron chi connectivity index (χ4n) is 1.50. The van der Waals surface area contributed by atoms with E-state index in [0.29, 0.717) is 5.16 Å². The first-order valence-corrected chi connectivity index (χ1v) is 6.10. The number of hydrogen-bond donors (Lipinski definition) is 1. The highest BCUT2D eigenvalue weighted by atomic mass is 32.2. The molecule has 1 N–H and O–H groups in total. The Balaban J connectivity index is 2.27. The summed E-state index contributed by atoms with van der Waals surface area (Å²) in [4.78, 5) is 14.7. The van der Waals surface area contributed by atoms with E-state index in [9.17, 15) is 4.79 Å². The van der Waals surface area contributed by atoms with Crippen molar-refractivity contribution >= 4 is 17.7 Å². The molecule has 1 aromatic heterocycles. The van der Waals surface area contributed by atoms with Gasteiger partial charge in [-0.15, -0.1) is 0 Å². The molecule has 1 heterocycles. The van der Waals surface area contributed by atoms with Gasteiger partial charge in [0.25, 0.3) is 0 Å². The summed E-state index contributed by atoms with van der Waals surface area (Å²) in [6.45, 7) is 2.02. The molecule has 0 saturated carbocycles. The van der Waals surface area contributed by atoms with Gasteiger partial charge in [0.2, 0.25) is 0 Å². The zero-order chi connectivity index (χ0) is 12.3. The lowest BCUT2D eigenvalue weighted by atomic mass is 10.2. The third-order valence-electron chi connectivity index (χ3n) is 2.21. The van der Waals surface area contributed by atoms with E-state index in [2.05, 4.69) is 4.98 Å². The summed E-state index contributed by atoms with van der Waals surface area (Å²) in [7, 11) is 0. The van der Waals surface area contributed by atoms with Gasteiger partial charge in [0.1, 0.15) is 0 Å². The molecule has 2 aromatic rings. The standard InChI is InChI=1S/C12H12N2O2S/c1-9-3-2-4-10(7-9)14-6-5-13-12(14)17-8-11(15)16/h2-7H,8H2,1H3,(H,15,16). The molecule has 2 rings (SSSR count). The van der Waals surface area contributed by atoms with Gasteiger partial charge in [-0.2, -0.15) is 0 Å². The second-order valence-corrected chi connectivity index (χ2v) is 4.54. The van der Waals surface area contributed by atoms with Gasteiger partial charge in [0.15, 0.2) is 5.16 Å². The lowest BCUT2D eigenvalue weighted by molar-refractivity contribution is -0.133. The molecule has 0 aliphatic rings. The quantitative estimate of drug-likeness (QED) is 0.844. The second kappa shape index (κ2) is 5.05. The van der Waals surface area contributed by atoms with Crippen molar-refractivity contribution in [2.45, 2.75) is 12.1 Å². The summed E-state index contributed by atoms with van der Waals surface area (Å²) in [6, 6.07) is 7.99. The number of carboxylic acids is 1. The number of aryl methyl sites for hydroxylation is 1. The van der Waals surface area contributed by atoms with Crippen molar-refractivity contribution in [3.8, 4) is 5.69 Å². The monoisotopic (exact) mass is 248 g/mol. The van der Waals surface area contributed by atoms with Gasteiger partial charge in [-0.3, -0.25) is 9.36 Å². The number of rotatable bonds is 4. The van der Waals surface area contributed by atoms with Crippen LogP contribution in [0, 0.1) is 6.92 Å². The summed E-state index contributed by atoms with van der Waals surface area (Å²) >= 11 is 1.21. The first-order valence-electron chi connectivity index (χ1n) is 5.12.